The summed E-state index contributed by atoms with van der Waals surface area (Å²) in [6, 6.07) is 7.95. The third-order valence-corrected chi connectivity index (χ3v) is 9.33. The highest BCUT2D eigenvalue weighted by atomic mass is 16.7. The van der Waals surface area contributed by atoms with E-state index in [0.29, 0.717) is 5.56 Å². The zero-order valence-electron chi connectivity index (χ0n) is 29.2. The molecule has 0 spiro atoms. The molecule has 306 valence electrons. The fourth-order valence-corrected chi connectivity index (χ4v) is 6.04. The number of benzene rings is 2. The Labute approximate surface area is 313 Å². The van der Waals surface area contributed by atoms with Crippen LogP contribution in [-0.4, -0.2) is 179 Å². The predicted octanol–water partition coefficient (Wildman–Crippen LogP) is -3.54. The summed E-state index contributed by atoms with van der Waals surface area (Å²) >= 11 is 0. The number of esters is 1. The molecule has 5 rings (SSSR count). The molecule has 0 unspecified atom stereocenters. The van der Waals surface area contributed by atoms with Crippen molar-refractivity contribution >= 4 is 12.0 Å². The Morgan fingerprint density at radius 3 is 2.09 bits per heavy atom. The van der Waals surface area contributed by atoms with E-state index in [9.17, 15) is 66.1 Å². The fraction of sp³-hybridized carbons (Fsp3) is 0.571. The number of carbonyl (C=O) groups is 1. The molecule has 20 nitrogen and oxygen atoms in total. The summed E-state index contributed by atoms with van der Waals surface area (Å²) in [5, 5.41) is 122. The van der Waals surface area contributed by atoms with E-state index in [-0.39, 0.29) is 35.8 Å². The van der Waals surface area contributed by atoms with E-state index >= 15 is 0 Å². The van der Waals surface area contributed by atoms with Gasteiger partial charge in [-0.3, -0.25) is 0 Å². The van der Waals surface area contributed by atoms with E-state index in [0.717, 1.165) is 6.08 Å². The van der Waals surface area contributed by atoms with Crippen LogP contribution in [0.1, 0.15) is 18.1 Å². The summed E-state index contributed by atoms with van der Waals surface area (Å²) in [6.45, 7) is -0.0134. The molecule has 0 aliphatic carbocycles. The molecule has 55 heavy (non-hydrogen) atoms. The summed E-state index contributed by atoms with van der Waals surface area (Å²) in [7, 11) is 0. The normalized spacial score (nSPS) is 36.8. The van der Waals surface area contributed by atoms with Crippen molar-refractivity contribution in [3.63, 3.8) is 0 Å². The van der Waals surface area contributed by atoms with Gasteiger partial charge in [0.2, 0.25) is 6.29 Å². The molecule has 2 aromatic rings. The van der Waals surface area contributed by atoms with Crippen LogP contribution in [0.3, 0.4) is 0 Å². The summed E-state index contributed by atoms with van der Waals surface area (Å²) in [5.41, 5.74) is 0.819. The molecule has 3 fully saturated rings. The third kappa shape index (κ3) is 10.0. The van der Waals surface area contributed by atoms with Crippen LogP contribution in [0.5, 0.6) is 23.0 Å². The Kier molecular flexibility index (Phi) is 14.3. The minimum Gasteiger partial charge on any atom is -0.504 e. The fourth-order valence-electron chi connectivity index (χ4n) is 6.04. The van der Waals surface area contributed by atoms with Crippen molar-refractivity contribution in [3.05, 3.63) is 53.6 Å². The second kappa shape index (κ2) is 18.5. The van der Waals surface area contributed by atoms with Crippen molar-refractivity contribution in [1.29, 1.82) is 0 Å². The van der Waals surface area contributed by atoms with Gasteiger partial charge in [-0.05, 0) is 54.8 Å². The van der Waals surface area contributed by atoms with E-state index in [1.807, 2.05) is 0 Å². The number of ether oxygens (including phenoxy) is 7. The molecular formula is C35H46O20. The van der Waals surface area contributed by atoms with Crippen LogP contribution < -0.4 is 4.74 Å². The van der Waals surface area contributed by atoms with Gasteiger partial charge in [0.15, 0.2) is 35.6 Å². The van der Waals surface area contributed by atoms with Gasteiger partial charge in [0.25, 0.3) is 0 Å². The molecule has 2 aromatic carbocycles. The number of aliphatic hydroxyl groups excluding tert-OH is 9. The molecule has 3 aliphatic rings. The van der Waals surface area contributed by atoms with Crippen molar-refractivity contribution in [2.24, 2.45) is 0 Å². The molecule has 3 saturated heterocycles. The lowest BCUT2D eigenvalue weighted by Gasteiger charge is -2.45. The van der Waals surface area contributed by atoms with E-state index in [4.69, 9.17) is 33.2 Å². The number of phenols is 3. The Balaban J connectivity index is 1.22. The van der Waals surface area contributed by atoms with E-state index in [1.54, 1.807) is 0 Å². The first-order chi connectivity index (χ1) is 26.1. The maximum Gasteiger partial charge on any atom is 0.330 e. The van der Waals surface area contributed by atoms with Gasteiger partial charge in [-0.1, -0.05) is 12.1 Å². The molecule has 0 bridgehead atoms. The standard InChI is InChI=1S/C35H46O20/c1-14-24(41)27(44)29(46)34(51-14)55-32-26(43)22(54-33(31(32)48)49-9-8-16-2-5-17(37)18(38)10-16)13-50-23(40)7-4-15-3-6-20(19(39)11-15)52-35-30(47)28(45)25(42)21(12-36)53-35/h2-7,10-11,14,21-22,24-39,41-48H,8-9,12-13H2,1H3/t14-,21+,22+,24-,25+,26+,27+,28-,29+,30+,31+,32-,33+,34+,35+/m0/s1. The molecule has 0 amide bonds. The van der Waals surface area contributed by atoms with Gasteiger partial charge in [0.05, 0.1) is 19.3 Å². The number of phenolic OH excluding ortho intramolecular Hbond substituents is 3. The van der Waals surface area contributed by atoms with Crippen LogP contribution in [0.4, 0.5) is 0 Å². The van der Waals surface area contributed by atoms with Crippen LogP contribution in [0.2, 0.25) is 0 Å². The third-order valence-electron chi connectivity index (χ3n) is 9.33. The number of aromatic hydroxyl groups is 3. The number of hydrogen-bond donors (Lipinski definition) is 12. The number of hydrogen-bond acceptors (Lipinski definition) is 20. The SMILES string of the molecule is C[C@@H]1O[C@H](O[C@@H]2[C@@H](O)[C@H](OCCc3ccc(O)c(O)c3)O[C@H](COC(=O)C=Cc3ccc(O[C@@H]4O[C@H](CO)[C@@H](O)[C@H](O)[C@H]4O)c(O)c3)[C@H]2O)[C@H](O)[C@H](O)[C@H]1O. The van der Waals surface area contributed by atoms with E-state index in [2.05, 4.69) is 0 Å². The lowest BCUT2D eigenvalue weighted by atomic mass is 9.97. The molecule has 0 aromatic heterocycles. The molecule has 0 saturated carbocycles. The predicted molar refractivity (Wildman–Crippen MR) is 180 cm³/mol. The van der Waals surface area contributed by atoms with E-state index < -0.39 is 117 Å². The maximum atomic E-state index is 12.7. The molecule has 3 heterocycles. The van der Waals surface area contributed by atoms with Gasteiger partial charge in [-0.2, -0.15) is 0 Å². The Morgan fingerprint density at radius 2 is 1.40 bits per heavy atom. The topological polar surface area (TPSA) is 324 Å². The molecule has 0 radical (unpaired) electrons. The van der Waals surface area contributed by atoms with Crippen LogP contribution in [0, 0.1) is 0 Å². The van der Waals surface area contributed by atoms with Crippen molar-refractivity contribution < 1.29 is 99.2 Å². The van der Waals surface area contributed by atoms with Crippen LogP contribution in [-0.2, 0) is 39.6 Å². The van der Waals surface area contributed by atoms with Gasteiger partial charge in [-0.15, -0.1) is 0 Å². The summed E-state index contributed by atoms with van der Waals surface area (Å²) in [6.07, 6.45) is -21.0. The van der Waals surface area contributed by atoms with Crippen molar-refractivity contribution in [1.82, 2.24) is 0 Å². The molecule has 20 heteroatoms. The first kappa shape index (κ1) is 42.4. The van der Waals surface area contributed by atoms with Gasteiger partial charge in [0.1, 0.15) is 73.8 Å². The second-order valence-corrected chi connectivity index (χ2v) is 13.3. The molecule has 15 atom stereocenters. The highest BCUT2D eigenvalue weighted by molar-refractivity contribution is 5.87. The first-order valence-electron chi connectivity index (χ1n) is 17.2. The van der Waals surface area contributed by atoms with Gasteiger partial charge in [0, 0.05) is 6.08 Å². The quantitative estimate of drug-likeness (QED) is 0.0531. The van der Waals surface area contributed by atoms with Crippen LogP contribution in [0.25, 0.3) is 6.08 Å². The van der Waals surface area contributed by atoms with Gasteiger partial charge in [-0.25, -0.2) is 4.79 Å². The zero-order chi connectivity index (χ0) is 40.1. The Bertz CT molecular complexity index is 1610. The molecule has 3 aliphatic heterocycles. The largest absolute Gasteiger partial charge is 0.504 e. The summed E-state index contributed by atoms with van der Waals surface area (Å²) in [5.74, 6) is -2.29. The highest BCUT2D eigenvalue weighted by Gasteiger charge is 2.51. The number of aliphatic hydroxyl groups is 9. The van der Waals surface area contributed by atoms with Crippen LogP contribution >= 0.6 is 0 Å². The average Bonchev–Trinajstić information content (AvgIpc) is 3.16. The Hall–Kier alpha value is -3.71. The minimum atomic E-state index is -1.79. The molecular weight excluding hydrogens is 740 g/mol. The number of rotatable bonds is 13. The van der Waals surface area contributed by atoms with E-state index in [1.165, 1.54) is 49.4 Å². The monoisotopic (exact) mass is 786 g/mol. The van der Waals surface area contributed by atoms with Gasteiger partial charge < -0.3 is 94.4 Å². The molecule has 12 N–H and O–H groups in total. The van der Waals surface area contributed by atoms with Crippen molar-refractivity contribution in [2.45, 2.75) is 105 Å². The maximum absolute atomic E-state index is 12.7. The second-order valence-electron chi connectivity index (χ2n) is 13.3. The lowest BCUT2D eigenvalue weighted by molar-refractivity contribution is -0.357. The van der Waals surface area contributed by atoms with Crippen molar-refractivity contribution in [2.75, 3.05) is 19.8 Å². The first-order valence-corrected chi connectivity index (χ1v) is 17.2. The smallest absolute Gasteiger partial charge is 0.330 e. The zero-order valence-corrected chi connectivity index (χ0v) is 29.2. The number of carbonyl (C=O) groups excluding carboxylic acids is 1. The Morgan fingerprint density at radius 1 is 0.709 bits per heavy atom. The average molecular weight is 787 g/mol. The van der Waals surface area contributed by atoms with Gasteiger partial charge >= 0.3 is 5.97 Å². The van der Waals surface area contributed by atoms with Crippen molar-refractivity contribution in [3.8, 4) is 23.0 Å². The lowest BCUT2D eigenvalue weighted by Crippen LogP contribution is -2.64. The van der Waals surface area contributed by atoms with Crippen LogP contribution in [0.15, 0.2) is 42.5 Å². The summed E-state index contributed by atoms with van der Waals surface area (Å²) < 4.78 is 38.6. The summed E-state index contributed by atoms with van der Waals surface area (Å²) in [4.78, 5) is 12.7. The minimum absolute atomic E-state index is 0.117. The highest BCUT2D eigenvalue weighted by Crippen LogP contribution is 2.33.